The molecule has 2 aromatic heterocycles. The van der Waals surface area contributed by atoms with E-state index in [4.69, 9.17) is 16.3 Å². The van der Waals surface area contributed by atoms with Crippen molar-refractivity contribution in [3.63, 3.8) is 0 Å². The minimum absolute atomic E-state index is 0.00789. The summed E-state index contributed by atoms with van der Waals surface area (Å²) in [6.45, 7) is 1.70. The van der Waals surface area contributed by atoms with Crippen LogP contribution in [0.3, 0.4) is 0 Å². The topological polar surface area (TPSA) is 90.3 Å². The number of nitrogens with zero attached hydrogens (tertiary/aromatic N) is 3. The molecule has 2 N–H and O–H groups in total. The number of aromatic amines is 1. The zero-order valence-electron chi connectivity index (χ0n) is 21.5. The van der Waals surface area contributed by atoms with Crippen LogP contribution in [0.4, 0.5) is 14.9 Å². The van der Waals surface area contributed by atoms with Crippen molar-refractivity contribution >= 4 is 29.0 Å². The first-order chi connectivity index (χ1) is 18.8. The molecule has 10 heteroatoms. The number of carbonyl (C=O) groups is 1. The monoisotopic (exact) mass is 548 g/mol. The molecule has 1 atom stereocenters. The van der Waals surface area contributed by atoms with Crippen LogP contribution in [-0.4, -0.2) is 63.5 Å². The molecule has 8 nitrogen and oxygen atoms in total. The molecular formula is C29H28ClFN5O3+. The first kappa shape index (κ1) is 24.5. The fourth-order valence-electron chi connectivity index (χ4n) is 6.82. The molecule has 3 fully saturated rings. The lowest BCUT2D eigenvalue weighted by Gasteiger charge is -2.36. The SMILES string of the molecule is CN1CC2(COc3ccc(-c4cc(F)c(NC(=O)[N+]5=C6CCC5Cc5cc(=O)[nH]cc56)cc4Cl)cn3)CC1C2. The van der Waals surface area contributed by atoms with E-state index in [1.807, 2.05) is 6.07 Å². The van der Waals surface area contributed by atoms with E-state index in [-0.39, 0.29) is 22.7 Å². The molecule has 2 amide bonds. The summed E-state index contributed by atoms with van der Waals surface area (Å²) in [6.07, 6.45) is 7.71. The highest BCUT2D eigenvalue weighted by Gasteiger charge is 2.54. The van der Waals surface area contributed by atoms with Gasteiger partial charge in [-0.3, -0.25) is 4.79 Å². The lowest BCUT2D eigenvalue weighted by atomic mass is 9.71. The number of H-pyrrole nitrogens is 1. The maximum Gasteiger partial charge on any atom is 0.496 e. The van der Waals surface area contributed by atoms with E-state index in [1.54, 1.807) is 29.1 Å². The van der Waals surface area contributed by atoms with Gasteiger partial charge >= 0.3 is 6.03 Å². The Morgan fingerprint density at radius 2 is 2.15 bits per heavy atom. The van der Waals surface area contributed by atoms with Crippen LogP contribution >= 0.6 is 11.6 Å². The lowest BCUT2D eigenvalue weighted by molar-refractivity contribution is -0.460. The van der Waals surface area contributed by atoms with Crippen LogP contribution in [0.1, 0.15) is 36.8 Å². The van der Waals surface area contributed by atoms with E-state index in [0.717, 1.165) is 29.8 Å². The number of aromatic nitrogens is 2. The third kappa shape index (κ3) is 4.15. The predicted octanol–water partition coefficient (Wildman–Crippen LogP) is 4.45. The molecule has 39 heavy (non-hydrogen) atoms. The summed E-state index contributed by atoms with van der Waals surface area (Å²) in [5.41, 5.74) is 3.86. The molecule has 1 unspecified atom stereocenters. The summed E-state index contributed by atoms with van der Waals surface area (Å²) in [5, 5.41) is 3.00. The van der Waals surface area contributed by atoms with Gasteiger partial charge in [-0.05, 0) is 44.0 Å². The highest BCUT2D eigenvalue weighted by Crippen LogP contribution is 2.51. The van der Waals surface area contributed by atoms with Crippen molar-refractivity contribution in [1.29, 1.82) is 0 Å². The van der Waals surface area contributed by atoms with E-state index in [0.29, 0.717) is 47.5 Å². The Morgan fingerprint density at radius 3 is 2.90 bits per heavy atom. The Kier molecular flexibility index (Phi) is 5.64. The first-order valence-electron chi connectivity index (χ1n) is 13.3. The molecule has 1 saturated carbocycles. The van der Waals surface area contributed by atoms with Crippen LogP contribution < -0.4 is 15.6 Å². The van der Waals surface area contributed by atoms with Gasteiger partial charge in [0.2, 0.25) is 11.4 Å². The van der Waals surface area contributed by atoms with Gasteiger partial charge in [0.25, 0.3) is 0 Å². The van der Waals surface area contributed by atoms with E-state index < -0.39 is 11.8 Å². The largest absolute Gasteiger partial charge is 0.496 e. The van der Waals surface area contributed by atoms with Gasteiger partial charge < -0.3 is 14.6 Å². The molecule has 4 bridgehead atoms. The van der Waals surface area contributed by atoms with Gasteiger partial charge in [-0.25, -0.2) is 14.7 Å². The van der Waals surface area contributed by atoms with E-state index >= 15 is 4.39 Å². The van der Waals surface area contributed by atoms with Gasteiger partial charge in [-0.2, -0.15) is 9.37 Å². The van der Waals surface area contributed by atoms with Crippen molar-refractivity contribution in [2.75, 3.05) is 25.5 Å². The maximum atomic E-state index is 15.2. The van der Waals surface area contributed by atoms with Crippen LogP contribution in [0.25, 0.3) is 11.1 Å². The molecule has 1 aromatic carbocycles. The number of benzene rings is 1. The Labute approximate surface area is 229 Å². The number of halogens is 2. The van der Waals surface area contributed by atoms with Crippen LogP contribution in [-0.2, 0) is 6.42 Å². The Hall–Kier alpha value is -3.56. The number of amides is 2. The highest BCUT2D eigenvalue weighted by molar-refractivity contribution is 6.33. The van der Waals surface area contributed by atoms with Crippen molar-refractivity contribution in [2.24, 2.45) is 5.41 Å². The average Bonchev–Trinajstić information content (AvgIpc) is 3.51. The van der Waals surface area contributed by atoms with Gasteiger partial charge in [0.1, 0.15) is 11.8 Å². The van der Waals surface area contributed by atoms with Crippen LogP contribution in [0.2, 0.25) is 5.02 Å². The number of fused-ring (bicyclic) bond motifs is 4. The van der Waals surface area contributed by atoms with Crippen molar-refractivity contribution in [2.45, 2.75) is 44.2 Å². The molecule has 5 aliphatic rings. The minimum Gasteiger partial charge on any atom is -0.477 e. The summed E-state index contributed by atoms with van der Waals surface area (Å²) < 4.78 is 22.9. The molecule has 8 rings (SSSR count). The van der Waals surface area contributed by atoms with Crippen LogP contribution in [0.5, 0.6) is 5.88 Å². The van der Waals surface area contributed by atoms with Gasteiger partial charge in [-0.1, -0.05) is 11.6 Å². The van der Waals surface area contributed by atoms with Gasteiger partial charge in [0.15, 0.2) is 11.5 Å². The van der Waals surface area contributed by atoms with Crippen molar-refractivity contribution < 1.29 is 18.5 Å². The molecule has 200 valence electrons. The number of nitrogens with one attached hydrogen (secondary N) is 2. The Bertz CT molecular complexity index is 1600. The van der Waals surface area contributed by atoms with E-state index in [9.17, 15) is 9.59 Å². The molecule has 1 aliphatic carbocycles. The van der Waals surface area contributed by atoms with Crippen molar-refractivity contribution in [3.8, 4) is 17.0 Å². The maximum absolute atomic E-state index is 15.2. The van der Waals surface area contributed by atoms with Gasteiger partial charge in [0, 0.05) is 78.1 Å². The van der Waals surface area contributed by atoms with Crippen molar-refractivity contribution in [3.05, 3.63) is 75.0 Å². The molecular weight excluding hydrogens is 521 g/mol. The number of anilines is 1. The predicted molar refractivity (Wildman–Crippen MR) is 145 cm³/mol. The molecule has 0 radical (unpaired) electrons. The third-order valence-corrected chi connectivity index (χ3v) is 9.10. The van der Waals surface area contributed by atoms with Gasteiger partial charge in [0.05, 0.1) is 11.6 Å². The van der Waals surface area contributed by atoms with Crippen molar-refractivity contribution in [1.82, 2.24) is 14.9 Å². The average molecular weight is 549 g/mol. The number of rotatable bonds is 5. The second-order valence-corrected chi connectivity index (χ2v) is 11.7. The second-order valence-electron chi connectivity index (χ2n) is 11.3. The fourth-order valence-corrected chi connectivity index (χ4v) is 7.09. The number of hydrogen-bond donors (Lipinski definition) is 2. The number of urea groups is 1. The van der Waals surface area contributed by atoms with Crippen LogP contribution in [0, 0.1) is 11.2 Å². The minimum atomic E-state index is -0.592. The quantitative estimate of drug-likeness (QED) is 0.460. The summed E-state index contributed by atoms with van der Waals surface area (Å²) in [7, 11) is 2.16. The Morgan fingerprint density at radius 1 is 1.31 bits per heavy atom. The highest BCUT2D eigenvalue weighted by atomic mass is 35.5. The number of hydrogen-bond acceptors (Lipinski definition) is 5. The Balaban J connectivity index is 1.07. The van der Waals surface area contributed by atoms with E-state index in [1.165, 1.54) is 25.0 Å². The standard InChI is InChI=1S/C29H27ClFN5O3/c1-35-14-29(10-19(35)11-29)15-39-27-5-2-16(12-33-27)20-8-23(31)24(9-22(20)30)34-28(38)36-18-3-4-25(36)21-13-32-26(37)7-17(21)6-18/h2,5,7-9,12-13,18-19H,3-4,6,10-11,14-15H2,1H3,(H,34,38)/p+1. The molecule has 0 spiro atoms. The third-order valence-electron chi connectivity index (χ3n) is 8.78. The molecule has 4 aliphatic heterocycles. The smallest absolute Gasteiger partial charge is 0.477 e. The summed E-state index contributed by atoms with van der Waals surface area (Å²) in [5.74, 6) is -0.0583. The molecule has 3 aromatic rings. The van der Waals surface area contributed by atoms with Crippen LogP contribution in [0.15, 0.2) is 47.5 Å². The molecule has 2 saturated heterocycles. The van der Waals surface area contributed by atoms with E-state index in [2.05, 4.69) is 27.2 Å². The molecule has 6 heterocycles. The lowest BCUT2D eigenvalue weighted by Crippen LogP contribution is -2.39. The fraction of sp³-hybridized carbons (Fsp3) is 0.379. The summed E-state index contributed by atoms with van der Waals surface area (Å²) in [4.78, 5) is 34.5. The number of ether oxygens (including phenoxy) is 1. The normalized spacial score (nSPS) is 24.9. The number of carbonyl (C=O) groups excluding carboxylic acids is 1. The first-order valence-corrected chi connectivity index (χ1v) is 13.6. The van der Waals surface area contributed by atoms with Gasteiger partial charge in [-0.15, -0.1) is 0 Å². The summed E-state index contributed by atoms with van der Waals surface area (Å²) in [6, 6.07) is 8.12. The zero-order chi connectivity index (χ0) is 26.9. The summed E-state index contributed by atoms with van der Waals surface area (Å²) >= 11 is 6.55. The second kappa shape index (κ2) is 8.99. The number of pyridine rings is 2. The zero-order valence-corrected chi connectivity index (χ0v) is 22.2.